The highest BCUT2D eigenvalue weighted by Gasteiger charge is 2.24. The van der Waals surface area contributed by atoms with Gasteiger partial charge in [-0.3, -0.25) is 0 Å². The summed E-state index contributed by atoms with van der Waals surface area (Å²) in [7, 11) is 0. The Morgan fingerprint density at radius 3 is 2.83 bits per heavy atom. The van der Waals surface area contributed by atoms with Crippen LogP contribution in [-0.4, -0.2) is 16.1 Å². The van der Waals surface area contributed by atoms with E-state index in [1.807, 2.05) is 30.3 Å². The second kappa shape index (κ2) is 5.37. The first-order valence-corrected chi connectivity index (χ1v) is 7.81. The number of hydrogen-bond acceptors (Lipinski definition) is 5. The zero-order valence-electron chi connectivity index (χ0n) is 11.9. The molecule has 0 spiro atoms. The molecule has 4 nitrogen and oxygen atoms in total. The fourth-order valence-electron chi connectivity index (χ4n) is 2.37. The van der Waals surface area contributed by atoms with Crippen molar-refractivity contribution >= 4 is 39.4 Å². The number of carbonyl (C=O) groups is 1. The highest BCUT2D eigenvalue weighted by atomic mass is 32.1. The molecule has 0 bridgehead atoms. The second-order valence-electron chi connectivity index (χ2n) is 5.08. The minimum atomic E-state index is -0.414. The summed E-state index contributed by atoms with van der Waals surface area (Å²) in [6.45, 7) is 0. The molecule has 1 N–H and O–H groups in total. The minimum Gasteiger partial charge on any atom is -0.508 e. The molecule has 1 aliphatic rings. The van der Waals surface area contributed by atoms with Gasteiger partial charge in [0.2, 0.25) is 0 Å². The van der Waals surface area contributed by atoms with E-state index in [0.29, 0.717) is 16.3 Å². The number of nitrogens with zero attached hydrogens (tertiary/aromatic N) is 1. The van der Waals surface area contributed by atoms with Gasteiger partial charge in [-0.15, -0.1) is 11.3 Å². The number of aromatic hydroxyl groups is 1. The lowest BCUT2D eigenvalue weighted by molar-refractivity contribution is -0.130. The molecule has 0 radical (unpaired) electrons. The van der Waals surface area contributed by atoms with Gasteiger partial charge in [0.25, 0.3) is 0 Å². The first-order chi connectivity index (χ1) is 11.2. The second-order valence-corrected chi connectivity index (χ2v) is 6.11. The van der Waals surface area contributed by atoms with Gasteiger partial charge >= 0.3 is 5.97 Å². The standard InChI is InChI=1S/C18H11NO3S/c20-13-5-3-4-11(9-13)8-12-10-15(22-18(12)21)17-19-14-6-1-2-7-16(14)23-17/h1-10,20H/b12-8+. The smallest absolute Gasteiger partial charge is 0.343 e. The number of benzene rings is 2. The third-order valence-corrected chi connectivity index (χ3v) is 4.47. The number of hydrogen-bond donors (Lipinski definition) is 1. The van der Waals surface area contributed by atoms with Crippen LogP contribution < -0.4 is 0 Å². The SMILES string of the molecule is O=C1OC(c2nc3ccccc3s2)=C/C1=C\c1cccc(O)c1. The number of rotatable bonds is 2. The molecule has 112 valence electrons. The Morgan fingerprint density at radius 2 is 2.00 bits per heavy atom. The summed E-state index contributed by atoms with van der Waals surface area (Å²) in [4.78, 5) is 16.5. The Labute approximate surface area is 136 Å². The number of thiazole rings is 1. The van der Waals surface area contributed by atoms with Crippen LogP contribution in [0, 0.1) is 0 Å². The van der Waals surface area contributed by atoms with Gasteiger partial charge in [0.15, 0.2) is 10.8 Å². The van der Waals surface area contributed by atoms with Gasteiger partial charge in [0.1, 0.15) is 5.75 Å². The summed E-state index contributed by atoms with van der Waals surface area (Å²) in [6, 6.07) is 14.5. The van der Waals surface area contributed by atoms with Crippen LogP contribution in [0.25, 0.3) is 22.1 Å². The summed E-state index contributed by atoms with van der Waals surface area (Å²) in [6.07, 6.45) is 3.37. The molecule has 1 aromatic heterocycles. The van der Waals surface area contributed by atoms with Crippen molar-refractivity contribution in [2.24, 2.45) is 0 Å². The number of aromatic nitrogens is 1. The predicted octanol–water partition coefficient (Wildman–Crippen LogP) is 3.98. The maximum Gasteiger partial charge on any atom is 0.343 e. The Kier molecular flexibility index (Phi) is 3.20. The van der Waals surface area contributed by atoms with Gasteiger partial charge in [-0.1, -0.05) is 24.3 Å². The van der Waals surface area contributed by atoms with Crippen molar-refractivity contribution in [2.45, 2.75) is 0 Å². The Bertz CT molecular complexity index is 952. The van der Waals surface area contributed by atoms with Crippen molar-refractivity contribution in [3.63, 3.8) is 0 Å². The number of para-hydroxylation sites is 1. The van der Waals surface area contributed by atoms with Crippen LogP contribution in [0.5, 0.6) is 5.75 Å². The quantitative estimate of drug-likeness (QED) is 0.573. The highest BCUT2D eigenvalue weighted by molar-refractivity contribution is 7.19. The van der Waals surface area contributed by atoms with Crippen molar-refractivity contribution in [1.82, 2.24) is 4.98 Å². The first kappa shape index (κ1) is 13.7. The van der Waals surface area contributed by atoms with Gasteiger partial charge in [-0.25, -0.2) is 9.78 Å². The zero-order valence-corrected chi connectivity index (χ0v) is 12.7. The highest BCUT2D eigenvalue weighted by Crippen LogP contribution is 2.32. The van der Waals surface area contributed by atoms with Crippen molar-refractivity contribution in [3.8, 4) is 5.75 Å². The lowest BCUT2D eigenvalue weighted by atomic mass is 10.1. The molecule has 0 aliphatic carbocycles. The van der Waals surface area contributed by atoms with Crippen LogP contribution in [0.3, 0.4) is 0 Å². The molecular formula is C18H11NO3S. The molecule has 0 fully saturated rings. The Morgan fingerprint density at radius 1 is 1.13 bits per heavy atom. The van der Waals surface area contributed by atoms with E-state index in [1.54, 1.807) is 30.4 Å². The van der Waals surface area contributed by atoms with Crippen molar-refractivity contribution in [1.29, 1.82) is 0 Å². The maximum absolute atomic E-state index is 12.0. The summed E-state index contributed by atoms with van der Waals surface area (Å²) in [5, 5.41) is 10.2. The van der Waals surface area contributed by atoms with Crippen LogP contribution >= 0.6 is 11.3 Å². The zero-order chi connectivity index (χ0) is 15.8. The van der Waals surface area contributed by atoms with Gasteiger partial charge in [-0.2, -0.15) is 0 Å². The minimum absolute atomic E-state index is 0.154. The van der Waals surface area contributed by atoms with E-state index in [0.717, 1.165) is 15.8 Å². The monoisotopic (exact) mass is 321 g/mol. The molecule has 23 heavy (non-hydrogen) atoms. The molecule has 3 aromatic rings. The van der Waals surface area contributed by atoms with Crippen LogP contribution in [0.4, 0.5) is 0 Å². The average molecular weight is 321 g/mol. The average Bonchev–Trinajstić information content (AvgIpc) is 3.11. The number of phenolic OH excluding ortho intramolecular Hbond substituents is 1. The van der Waals surface area contributed by atoms with Crippen molar-refractivity contribution < 1.29 is 14.6 Å². The molecule has 0 unspecified atom stereocenters. The van der Waals surface area contributed by atoms with Crippen LogP contribution in [0.15, 0.2) is 60.2 Å². The summed E-state index contributed by atoms with van der Waals surface area (Å²) >= 11 is 1.48. The summed E-state index contributed by atoms with van der Waals surface area (Å²) in [5.74, 6) is 0.200. The van der Waals surface area contributed by atoms with E-state index in [4.69, 9.17) is 4.74 Å². The van der Waals surface area contributed by atoms with Crippen LogP contribution in [-0.2, 0) is 9.53 Å². The number of fused-ring (bicyclic) bond motifs is 1. The molecular weight excluding hydrogens is 310 g/mol. The van der Waals surface area contributed by atoms with Gasteiger partial charge < -0.3 is 9.84 Å². The summed E-state index contributed by atoms with van der Waals surface area (Å²) < 4.78 is 6.38. The first-order valence-electron chi connectivity index (χ1n) is 6.99. The fourth-order valence-corrected chi connectivity index (χ4v) is 3.28. The van der Waals surface area contributed by atoms with Crippen LogP contribution in [0.1, 0.15) is 10.6 Å². The topological polar surface area (TPSA) is 59.4 Å². The van der Waals surface area contributed by atoms with Crippen LogP contribution in [0.2, 0.25) is 0 Å². The predicted molar refractivity (Wildman–Crippen MR) is 89.8 cm³/mol. The molecule has 0 atom stereocenters. The molecule has 0 saturated carbocycles. The molecule has 4 rings (SSSR count). The number of ether oxygens (including phenoxy) is 1. The molecule has 2 heterocycles. The number of cyclic esters (lactones) is 1. The normalized spacial score (nSPS) is 15.9. The van der Waals surface area contributed by atoms with E-state index in [9.17, 15) is 9.90 Å². The van der Waals surface area contributed by atoms with Crippen molar-refractivity contribution in [2.75, 3.05) is 0 Å². The van der Waals surface area contributed by atoms with Gasteiger partial charge in [0.05, 0.1) is 15.8 Å². The van der Waals surface area contributed by atoms with E-state index >= 15 is 0 Å². The number of esters is 1. The summed E-state index contributed by atoms with van der Waals surface area (Å²) in [5.41, 5.74) is 2.05. The largest absolute Gasteiger partial charge is 0.508 e. The van der Waals surface area contributed by atoms with E-state index < -0.39 is 5.97 Å². The van der Waals surface area contributed by atoms with E-state index in [1.165, 1.54) is 11.3 Å². The Hall–Kier alpha value is -2.92. The number of phenols is 1. The third-order valence-electron chi connectivity index (χ3n) is 3.42. The van der Waals surface area contributed by atoms with E-state index in [-0.39, 0.29) is 5.75 Å². The Balaban J connectivity index is 1.72. The third kappa shape index (κ3) is 2.62. The molecule has 0 saturated heterocycles. The fraction of sp³-hybridized carbons (Fsp3) is 0. The van der Waals surface area contributed by atoms with Gasteiger partial charge in [-0.05, 0) is 42.0 Å². The lowest BCUT2D eigenvalue weighted by Crippen LogP contribution is -1.96. The molecule has 2 aromatic carbocycles. The maximum atomic E-state index is 12.0. The molecule has 0 amide bonds. The van der Waals surface area contributed by atoms with E-state index in [2.05, 4.69) is 4.98 Å². The molecule has 5 heteroatoms. The van der Waals surface area contributed by atoms with Crippen molar-refractivity contribution in [3.05, 3.63) is 70.8 Å². The van der Waals surface area contributed by atoms with Gasteiger partial charge in [0, 0.05) is 0 Å². The molecule has 1 aliphatic heterocycles. The number of carbonyl (C=O) groups excluding carboxylic acids is 1. The lowest BCUT2D eigenvalue weighted by Gasteiger charge is -1.96.